The Balaban J connectivity index is 1.76. The Morgan fingerprint density at radius 2 is 2.14 bits per heavy atom. The molecule has 21 heavy (non-hydrogen) atoms. The summed E-state index contributed by atoms with van der Waals surface area (Å²) in [4.78, 5) is 17.1. The van der Waals surface area contributed by atoms with Gasteiger partial charge in [-0.1, -0.05) is 13.3 Å². The van der Waals surface area contributed by atoms with E-state index in [1.165, 1.54) is 12.8 Å². The molecule has 0 saturated carbocycles. The topological polar surface area (TPSA) is 78.2 Å². The van der Waals surface area contributed by atoms with Crippen LogP contribution in [0.15, 0.2) is 0 Å². The van der Waals surface area contributed by atoms with Crippen LogP contribution in [0.25, 0.3) is 0 Å². The number of carbonyl (C=O) groups excluding carboxylic acids is 1. The van der Waals surface area contributed by atoms with E-state index in [2.05, 4.69) is 29.1 Å². The molecule has 0 aromatic carbocycles. The summed E-state index contributed by atoms with van der Waals surface area (Å²) >= 11 is 0. The van der Waals surface area contributed by atoms with Crippen LogP contribution in [0.2, 0.25) is 0 Å². The van der Waals surface area contributed by atoms with Crippen LogP contribution in [0.1, 0.15) is 48.8 Å². The molecule has 0 spiro atoms. The predicted molar refractivity (Wildman–Crippen MR) is 82.1 cm³/mol. The highest BCUT2D eigenvalue weighted by Crippen LogP contribution is 2.29. The summed E-state index contributed by atoms with van der Waals surface area (Å²) in [5.74, 6) is -0.0212. The number of rotatable bonds is 3. The Bertz CT molecular complexity index is 526. The molecule has 2 aliphatic heterocycles. The number of carbonyl (C=O) groups is 1. The number of aryl methyl sites for hydroxylation is 1. The zero-order valence-electron chi connectivity index (χ0n) is 12.9. The van der Waals surface area contributed by atoms with Crippen LogP contribution < -0.4 is 5.73 Å². The van der Waals surface area contributed by atoms with Gasteiger partial charge in [-0.3, -0.25) is 14.8 Å². The highest BCUT2D eigenvalue weighted by Gasteiger charge is 2.37. The fraction of sp³-hybridized carbons (Fsp3) is 0.733. The summed E-state index contributed by atoms with van der Waals surface area (Å²) < 4.78 is 0. The van der Waals surface area contributed by atoms with Gasteiger partial charge >= 0.3 is 0 Å². The molecule has 0 radical (unpaired) electrons. The number of likely N-dealkylation sites (tertiary alicyclic amines) is 1. The summed E-state index contributed by atoms with van der Waals surface area (Å²) in [6, 6.07) is 1.11. The van der Waals surface area contributed by atoms with E-state index in [1.807, 2.05) is 4.90 Å². The second-order valence-electron chi connectivity index (χ2n) is 6.30. The first kappa shape index (κ1) is 14.4. The molecular formula is C15H25N5O. The van der Waals surface area contributed by atoms with E-state index in [0.717, 1.165) is 38.0 Å². The smallest absolute Gasteiger partial charge is 0.276 e. The van der Waals surface area contributed by atoms with Gasteiger partial charge in [-0.2, -0.15) is 5.10 Å². The molecule has 6 heteroatoms. The third kappa shape index (κ3) is 2.52. The molecule has 0 aliphatic carbocycles. The van der Waals surface area contributed by atoms with Crippen LogP contribution in [0.4, 0.5) is 5.69 Å². The first-order valence-corrected chi connectivity index (χ1v) is 7.95. The minimum Gasteiger partial charge on any atom is -0.395 e. The van der Waals surface area contributed by atoms with Gasteiger partial charge in [0.05, 0.1) is 11.4 Å². The van der Waals surface area contributed by atoms with Crippen molar-refractivity contribution in [1.29, 1.82) is 0 Å². The lowest BCUT2D eigenvalue weighted by Crippen LogP contribution is -2.40. The zero-order chi connectivity index (χ0) is 15.0. The fourth-order valence-corrected chi connectivity index (χ4v) is 3.63. The van der Waals surface area contributed by atoms with Gasteiger partial charge in [-0.25, -0.2) is 0 Å². The number of amides is 1. The summed E-state index contributed by atoms with van der Waals surface area (Å²) in [5.41, 5.74) is 7.91. The molecule has 1 aromatic heterocycles. The lowest BCUT2D eigenvalue weighted by atomic mass is 10.1. The second-order valence-corrected chi connectivity index (χ2v) is 6.30. The highest BCUT2D eigenvalue weighted by molar-refractivity contribution is 5.97. The average molecular weight is 291 g/mol. The van der Waals surface area contributed by atoms with Crippen LogP contribution in [0, 0.1) is 0 Å². The first-order chi connectivity index (χ1) is 10.1. The number of hydrogen-bond donors (Lipinski definition) is 2. The summed E-state index contributed by atoms with van der Waals surface area (Å²) in [7, 11) is 2.18. The average Bonchev–Trinajstić information content (AvgIpc) is 2.91. The number of nitrogen functional groups attached to an aromatic ring is 1. The molecular weight excluding hydrogens is 266 g/mol. The minimum absolute atomic E-state index is 0.0212. The molecule has 116 valence electrons. The van der Waals surface area contributed by atoms with Crippen LogP contribution >= 0.6 is 0 Å². The summed E-state index contributed by atoms with van der Waals surface area (Å²) in [5, 5.41) is 7.09. The first-order valence-electron chi connectivity index (χ1n) is 7.95. The normalized spacial score (nSPS) is 26.1. The Morgan fingerprint density at radius 1 is 1.38 bits per heavy atom. The van der Waals surface area contributed by atoms with Crippen molar-refractivity contribution in [3.05, 3.63) is 11.4 Å². The molecule has 2 atom stereocenters. The standard InChI is InChI=1S/C15H25N5O/c1-3-4-12-13(16)14(18-17-12)15(21)20-8-7-10-5-6-11(9-20)19(10)2/h10-11H,3-9,16H2,1-2H3,(H,17,18). The van der Waals surface area contributed by atoms with Gasteiger partial charge in [0.1, 0.15) is 0 Å². The SMILES string of the molecule is CCCc1[nH]nc(C(=O)N2CCC3CCC(C2)N3C)c1N. The number of nitrogens with two attached hydrogens (primary N) is 1. The van der Waals surface area contributed by atoms with Crippen molar-refractivity contribution in [2.45, 2.75) is 51.1 Å². The van der Waals surface area contributed by atoms with Crippen LogP contribution in [0.3, 0.4) is 0 Å². The van der Waals surface area contributed by atoms with Crippen LogP contribution in [-0.2, 0) is 6.42 Å². The van der Waals surface area contributed by atoms with Crippen molar-refractivity contribution in [2.75, 3.05) is 25.9 Å². The van der Waals surface area contributed by atoms with E-state index in [1.54, 1.807) is 0 Å². The third-order valence-electron chi connectivity index (χ3n) is 5.02. The second kappa shape index (κ2) is 5.67. The zero-order valence-corrected chi connectivity index (χ0v) is 12.9. The number of hydrogen-bond acceptors (Lipinski definition) is 4. The summed E-state index contributed by atoms with van der Waals surface area (Å²) in [6.07, 6.45) is 5.30. The Hall–Kier alpha value is -1.56. The van der Waals surface area contributed by atoms with Crippen molar-refractivity contribution >= 4 is 11.6 Å². The molecule has 1 aromatic rings. The molecule has 2 bridgehead atoms. The number of nitrogens with zero attached hydrogens (tertiary/aromatic N) is 3. The van der Waals surface area contributed by atoms with Gasteiger partial charge in [-0.05, 0) is 32.7 Å². The van der Waals surface area contributed by atoms with Crippen molar-refractivity contribution in [3.8, 4) is 0 Å². The number of aromatic amines is 1. The van der Waals surface area contributed by atoms with Crippen molar-refractivity contribution in [2.24, 2.45) is 0 Å². The van der Waals surface area contributed by atoms with Crippen LogP contribution in [-0.4, -0.2) is 58.1 Å². The number of H-pyrrole nitrogens is 1. The molecule has 2 fully saturated rings. The van der Waals surface area contributed by atoms with E-state index in [4.69, 9.17) is 5.73 Å². The monoisotopic (exact) mass is 291 g/mol. The molecule has 3 rings (SSSR count). The van der Waals surface area contributed by atoms with E-state index in [0.29, 0.717) is 23.5 Å². The molecule has 2 unspecified atom stereocenters. The molecule has 3 N–H and O–H groups in total. The Morgan fingerprint density at radius 3 is 2.90 bits per heavy atom. The molecule has 2 saturated heterocycles. The molecule has 3 heterocycles. The molecule has 1 amide bonds. The maximum Gasteiger partial charge on any atom is 0.276 e. The lowest BCUT2D eigenvalue weighted by Gasteiger charge is -2.25. The van der Waals surface area contributed by atoms with Crippen LogP contribution in [0.5, 0.6) is 0 Å². The van der Waals surface area contributed by atoms with Crippen molar-refractivity contribution in [3.63, 3.8) is 0 Å². The quantitative estimate of drug-likeness (QED) is 0.878. The largest absolute Gasteiger partial charge is 0.395 e. The van der Waals surface area contributed by atoms with Gasteiger partial charge in [0.25, 0.3) is 5.91 Å². The fourth-order valence-electron chi connectivity index (χ4n) is 3.63. The van der Waals surface area contributed by atoms with Gasteiger partial charge < -0.3 is 10.6 Å². The predicted octanol–water partition coefficient (Wildman–Crippen LogP) is 1.25. The molecule has 6 nitrogen and oxygen atoms in total. The van der Waals surface area contributed by atoms with Crippen molar-refractivity contribution < 1.29 is 4.79 Å². The van der Waals surface area contributed by atoms with Crippen molar-refractivity contribution in [1.82, 2.24) is 20.0 Å². The number of nitrogens with one attached hydrogen (secondary N) is 1. The summed E-state index contributed by atoms with van der Waals surface area (Å²) in [6.45, 7) is 3.68. The minimum atomic E-state index is -0.0212. The number of anilines is 1. The lowest BCUT2D eigenvalue weighted by molar-refractivity contribution is 0.0735. The van der Waals surface area contributed by atoms with E-state index in [-0.39, 0.29) is 5.91 Å². The van der Waals surface area contributed by atoms with Gasteiger partial charge in [0.2, 0.25) is 0 Å². The third-order valence-corrected chi connectivity index (χ3v) is 5.02. The number of likely N-dealkylation sites (N-methyl/N-ethyl adjacent to an activating group) is 1. The Labute approximate surface area is 125 Å². The van der Waals surface area contributed by atoms with E-state index < -0.39 is 0 Å². The van der Waals surface area contributed by atoms with E-state index >= 15 is 0 Å². The highest BCUT2D eigenvalue weighted by atomic mass is 16.2. The maximum absolute atomic E-state index is 12.7. The number of aromatic nitrogens is 2. The van der Waals surface area contributed by atoms with Gasteiger partial charge in [0, 0.05) is 25.2 Å². The van der Waals surface area contributed by atoms with Gasteiger partial charge in [0.15, 0.2) is 5.69 Å². The number of fused-ring (bicyclic) bond motifs is 2. The van der Waals surface area contributed by atoms with E-state index in [9.17, 15) is 4.79 Å². The molecule has 2 aliphatic rings. The van der Waals surface area contributed by atoms with Gasteiger partial charge in [-0.15, -0.1) is 0 Å². The maximum atomic E-state index is 12.7. The Kier molecular flexibility index (Phi) is 3.89.